The standard InChI is InChI=1S/C9H20N2O/c1-9(2)7-8(3-6-12-9)11-5-4-10/h8,11H,3-7,10H2,1-2H3/t8-/m1/s1. The highest BCUT2D eigenvalue weighted by Gasteiger charge is 2.27. The van der Waals surface area contributed by atoms with Gasteiger partial charge in [-0.25, -0.2) is 0 Å². The Hall–Kier alpha value is -0.120. The van der Waals surface area contributed by atoms with E-state index in [0.717, 1.165) is 32.5 Å². The summed E-state index contributed by atoms with van der Waals surface area (Å²) < 4.78 is 5.60. The molecule has 3 nitrogen and oxygen atoms in total. The van der Waals surface area contributed by atoms with Crippen molar-refractivity contribution in [1.29, 1.82) is 0 Å². The molecular weight excluding hydrogens is 152 g/mol. The highest BCUT2D eigenvalue weighted by Crippen LogP contribution is 2.23. The highest BCUT2D eigenvalue weighted by molar-refractivity contribution is 4.82. The van der Waals surface area contributed by atoms with Crippen molar-refractivity contribution in [2.24, 2.45) is 5.73 Å². The van der Waals surface area contributed by atoms with Crippen LogP contribution in [0.4, 0.5) is 0 Å². The molecule has 1 rings (SSSR count). The minimum atomic E-state index is 0.0461. The quantitative estimate of drug-likeness (QED) is 0.651. The minimum absolute atomic E-state index is 0.0461. The van der Waals surface area contributed by atoms with Gasteiger partial charge in [-0.2, -0.15) is 0 Å². The number of hydrogen-bond donors (Lipinski definition) is 2. The van der Waals surface area contributed by atoms with Crippen LogP contribution in [-0.2, 0) is 4.74 Å². The van der Waals surface area contributed by atoms with Gasteiger partial charge in [-0.05, 0) is 26.7 Å². The maximum atomic E-state index is 5.60. The lowest BCUT2D eigenvalue weighted by Crippen LogP contribution is -2.44. The van der Waals surface area contributed by atoms with Crippen LogP contribution < -0.4 is 11.1 Å². The molecule has 0 aromatic carbocycles. The van der Waals surface area contributed by atoms with Gasteiger partial charge in [0.05, 0.1) is 5.60 Å². The molecule has 1 aliphatic heterocycles. The second-order valence-corrected chi connectivity index (χ2v) is 4.04. The SMILES string of the molecule is CC1(C)C[C@H](NCCN)CCO1. The molecule has 72 valence electrons. The fourth-order valence-electron chi connectivity index (χ4n) is 1.69. The Balaban J connectivity index is 2.26. The molecule has 1 saturated heterocycles. The van der Waals surface area contributed by atoms with E-state index in [2.05, 4.69) is 19.2 Å². The molecule has 0 unspecified atom stereocenters. The van der Waals surface area contributed by atoms with Gasteiger partial charge >= 0.3 is 0 Å². The summed E-state index contributed by atoms with van der Waals surface area (Å²) in [5, 5.41) is 3.42. The third kappa shape index (κ3) is 3.09. The molecule has 1 aliphatic rings. The van der Waals surface area contributed by atoms with Gasteiger partial charge in [0.1, 0.15) is 0 Å². The Morgan fingerprint density at radius 3 is 2.92 bits per heavy atom. The highest BCUT2D eigenvalue weighted by atomic mass is 16.5. The van der Waals surface area contributed by atoms with Crippen LogP contribution in [0.1, 0.15) is 26.7 Å². The summed E-state index contributed by atoms with van der Waals surface area (Å²) in [5.74, 6) is 0. The van der Waals surface area contributed by atoms with Gasteiger partial charge in [0.15, 0.2) is 0 Å². The Morgan fingerprint density at radius 2 is 2.33 bits per heavy atom. The van der Waals surface area contributed by atoms with Crippen LogP contribution in [0.25, 0.3) is 0 Å². The van der Waals surface area contributed by atoms with Crippen molar-refractivity contribution in [3.8, 4) is 0 Å². The van der Waals surface area contributed by atoms with E-state index in [1.807, 2.05) is 0 Å². The van der Waals surface area contributed by atoms with Gasteiger partial charge in [-0.3, -0.25) is 0 Å². The van der Waals surface area contributed by atoms with Crippen LogP contribution in [0, 0.1) is 0 Å². The first-order chi connectivity index (χ1) is 5.64. The molecule has 12 heavy (non-hydrogen) atoms. The summed E-state index contributed by atoms with van der Waals surface area (Å²) in [6.07, 6.45) is 2.20. The maximum Gasteiger partial charge on any atom is 0.0641 e. The normalized spacial score (nSPS) is 28.8. The average molecular weight is 172 g/mol. The molecule has 0 amide bonds. The molecule has 3 N–H and O–H groups in total. The van der Waals surface area contributed by atoms with Crippen molar-refractivity contribution in [3.63, 3.8) is 0 Å². The molecule has 0 saturated carbocycles. The second kappa shape index (κ2) is 4.21. The molecule has 0 aromatic rings. The van der Waals surface area contributed by atoms with Crippen molar-refractivity contribution in [3.05, 3.63) is 0 Å². The molecule has 1 heterocycles. The first-order valence-electron chi connectivity index (χ1n) is 4.71. The second-order valence-electron chi connectivity index (χ2n) is 4.04. The molecule has 0 aliphatic carbocycles. The fraction of sp³-hybridized carbons (Fsp3) is 1.00. The van der Waals surface area contributed by atoms with Crippen molar-refractivity contribution >= 4 is 0 Å². The molecule has 1 fully saturated rings. The van der Waals surface area contributed by atoms with Crippen LogP contribution in [0.5, 0.6) is 0 Å². The zero-order valence-corrected chi connectivity index (χ0v) is 8.10. The van der Waals surface area contributed by atoms with E-state index in [1.54, 1.807) is 0 Å². The van der Waals surface area contributed by atoms with Crippen LogP contribution in [0.15, 0.2) is 0 Å². The largest absolute Gasteiger partial charge is 0.375 e. The van der Waals surface area contributed by atoms with E-state index in [9.17, 15) is 0 Å². The van der Waals surface area contributed by atoms with E-state index in [1.165, 1.54) is 0 Å². The van der Waals surface area contributed by atoms with Crippen molar-refractivity contribution < 1.29 is 4.74 Å². The van der Waals surface area contributed by atoms with E-state index in [-0.39, 0.29) is 5.60 Å². The van der Waals surface area contributed by atoms with Gasteiger partial charge in [-0.15, -0.1) is 0 Å². The summed E-state index contributed by atoms with van der Waals surface area (Å²) in [6, 6.07) is 0.595. The molecule has 1 atom stereocenters. The topological polar surface area (TPSA) is 47.3 Å². The predicted molar refractivity (Wildman–Crippen MR) is 50.1 cm³/mol. The Labute approximate surface area is 74.7 Å². The van der Waals surface area contributed by atoms with Gasteiger partial charge in [0, 0.05) is 25.7 Å². The number of nitrogens with one attached hydrogen (secondary N) is 1. The summed E-state index contributed by atoms with van der Waals surface area (Å²) >= 11 is 0. The molecule has 0 spiro atoms. The zero-order valence-electron chi connectivity index (χ0n) is 8.10. The molecule has 0 radical (unpaired) electrons. The number of ether oxygens (including phenoxy) is 1. The number of nitrogens with two attached hydrogens (primary N) is 1. The van der Waals surface area contributed by atoms with E-state index >= 15 is 0 Å². The third-order valence-electron chi connectivity index (χ3n) is 2.27. The van der Waals surface area contributed by atoms with Crippen LogP contribution >= 0.6 is 0 Å². The number of hydrogen-bond acceptors (Lipinski definition) is 3. The molecule has 3 heteroatoms. The van der Waals surface area contributed by atoms with Gasteiger partial charge < -0.3 is 15.8 Å². The Morgan fingerprint density at radius 1 is 1.58 bits per heavy atom. The zero-order chi connectivity index (χ0) is 9.03. The van der Waals surface area contributed by atoms with Gasteiger partial charge in [-0.1, -0.05) is 0 Å². The fourth-order valence-corrected chi connectivity index (χ4v) is 1.69. The summed E-state index contributed by atoms with van der Waals surface area (Å²) in [6.45, 7) is 6.79. The van der Waals surface area contributed by atoms with E-state index < -0.39 is 0 Å². The third-order valence-corrected chi connectivity index (χ3v) is 2.27. The van der Waals surface area contributed by atoms with Crippen molar-refractivity contribution in [2.45, 2.75) is 38.3 Å². The molecule has 0 bridgehead atoms. The van der Waals surface area contributed by atoms with Crippen LogP contribution in [0.2, 0.25) is 0 Å². The van der Waals surface area contributed by atoms with Gasteiger partial charge in [0.25, 0.3) is 0 Å². The van der Waals surface area contributed by atoms with Crippen LogP contribution in [-0.4, -0.2) is 31.3 Å². The Kier molecular flexibility index (Phi) is 3.50. The molecule has 0 aromatic heterocycles. The van der Waals surface area contributed by atoms with Crippen molar-refractivity contribution in [2.75, 3.05) is 19.7 Å². The summed E-state index contributed by atoms with van der Waals surface area (Å²) in [5.41, 5.74) is 5.47. The first kappa shape index (κ1) is 9.96. The monoisotopic (exact) mass is 172 g/mol. The summed E-state index contributed by atoms with van der Waals surface area (Å²) in [4.78, 5) is 0. The summed E-state index contributed by atoms with van der Waals surface area (Å²) in [7, 11) is 0. The molecular formula is C9H20N2O. The van der Waals surface area contributed by atoms with Crippen molar-refractivity contribution in [1.82, 2.24) is 5.32 Å². The first-order valence-corrected chi connectivity index (χ1v) is 4.71. The number of rotatable bonds is 3. The lowest BCUT2D eigenvalue weighted by molar-refractivity contribution is -0.0626. The lowest BCUT2D eigenvalue weighted by atomic mass is 9.94. The minimum Gasteiger partial charge on any atom is -0.375 e. The lowest BCUT2D eigenvalue weighted by Gasteiger charge is -2.35. The van der Waals surface area contributed by atoms with E-state index in [0.29, 0.717) is 6.04 Å². The predicted octanol–water partition coefficient (Wildman–Crippen LogP) is 0.492. The average Bonchev–Trinajstić information content (AvgIpc) is 1.99. The maximum absolute atomic E-state index is 5.60. The smallest absolute Gasteiger partial charge is 0.0641 e. The van der Waals surface area contributed by atoms with E-state index in [4.69, 9.17) is 10.5 Å². The Bertz CT molecular complexity index is 136. The van der Waals surface area contributed by atoms with Crippen LogP contribution in [0.3, 0.4) is 0 Å². The van der Waals surface area contributed by atoms with Gasteiger partial charge in [0.2, 0.25) is 0 Å².